The van der Waals surface area contributed by atoms with Crippen molar-refractivity contribution in [1.82, 2.24) is 10.2 Å². The van der Waals surface area contributed by atoms with Crippen LogP contribution in [0, 0.1) is 5.92 Å². The normalized spacial score (nSPS) is 27.1. The van der Waals surface area contributed by atoms with E-state index in [9.17, 15) is 9.90 Å². The van der Waals surface area contributed by atoms with Gasteiger partial charge in [0.25, 0.3) is 0 Å². The molecule has 2 aliphatic heterocycles. The van der Waals surface area contributed by atoms with Crippen LogP contribution in [0.25, 0.3) is 0 Å². The molecule has 0 spiro atoms. The molecule has 1 atom stereocenters. The van der Waals surface area contributed by atoms with Gasteiger partial charge in [-0.05, 0) is 51.1 Å². The van der Waals surface area contributed by atoms with E-state index in [1.54, 1.807) is 0 Å². The number of nitrogens with zero attached hydrogens (tertiary/aromatic N) is 1. The Kier molecular flexibility index (Phi) is 4.80. The molecule has 4 heteroatoms. The largest absolute Gasteiger partial charge is 0.394 e. The van der Waals surface area contributed by atoms with E-state index in [2.05, 4.69) is 5.32 Å². The molecule has 0 saturated carbocycles. The summed E-state index contributed by atoms with van der Waals surface area (Å²) in [6, 6.07) is 0.0814. The van der Waals surface area contributed by atoms with Gasteiger partial charge in [0, 0.05) is 13.0 Å². The number of carbonyl (C=O) groups is 1. The molecule has 0 radical (unpaired) electrons. The molecule has 98 valence electrons. The summed E-state index contributed by atoms with van der Waals surface area (Å²) in [5.41, 5.74) is 0. The Bertz CT molecular complexity index is 252. The predicted molar refractivity (Wildman–Crippen MR) is 66.6 cm³/mol. The van der Waals surface area contributed by atoms with Crippen molar-refractivity contribution in [3.63, 3.8) is 0 Å². The van der Waals surface area contributed by atoms with Crippen molar-refractivity contribution in [2.75, 3.05) is 26.2 Å². The van der Waals surface area contributed by atoms with E-state index in [1.165, 1.54) is 0 Å². The maximum Gasteiger partial charge on any atom is 0.223 e. The average molecular weight is 240 g/mol. The van der Waals surface area contributed by atoms with E-state index in [1.807, 2.05) is 4.90 Å². The lowest BCUT2D eigenvalue weighted by atomic mass is 9.93. The quantitative estimate of drug-likeness (QED) is 0.765. The van der Waals surface area contributed by atoms with E-state index >= 15 is 0 Å². The zero-order valence-electron chi connectivity index (χ0n) is 10.5. The topological polar surface area (TPSA) is 52.6 Å². The molecule has 0 bridgehead atoms. The maximum atomic E-state index is 12.2. The van der Waals surface area contributed by atoms with Gasteiger partial charge in [0.1, 0.15) is 0 Å². The van der Waals surface area contributed by atoms with Crippen LogP contribution in [-0.2, 0) is 4.79 Å². The number of likely N-dealkylation sites (tertiary alicyclic amines) is 1. The lowest BCUT2D eigenvalue weighted by Crippen LogP contribution is -2.46. The van der Waals surface area contributed by atoms with Crippen LogP contribution in [0.2, 0.25) is 0 Å². The minimum absolute atomic E-state index is 0.0814. The van der Waals surface area contributed by atoms with Crippen LogP contribution in [-0.4, -0.2) is 48.2 Å². The third kappa shape index (κ3) is 3.42. The zero-order chi connectivity index (χ0) is 12.1. The molecule has 2 saturated heterocycles. The molecule has 0 aromatic rings. The molecular formula is C13H24N2O2. The molecule has 0 aromatic heterocycles. The zero-order valence-corrected chi connectivity index (χ0v) is 10.5. The summed E-state index contributed by atoms with van der Waals surface area (Å²) in [6.07, 6.45) is 6.11. The van der Waals surface area contributed by atoms with Gasteiger partial charge in [-0.1, -0.05) is 0 Å². The highest BCUT2D eigenvalue weighted by Crippen LogP contribution is 2.22. The van der Waals surface area contributed by atoms with Gasteiger partial charge in [-0.15, -0.1) is 0 Å². The van der Waals surface area contributed by atoms with Crippen LogP contribution in [0.15, 0.2) is 0 Å². The number of carbonyl (C=O) groups excluding carboxylic acids is 1. The predicted octanol–water partition coefficient (Wildman–Crippen LogP) is 0.749. The number of rotatable bonds is 3. The Morgan fingerprint density at radius 3 is 2.71 bits per heavy atom. The molecule has 1 amide bonds. The Hall–Kier alpha value is -0.610. The summed E-state index contributed by atoms with van der Waals surface area (Å²) in [5.74, 6) is 0.806. The molecule has 2 fully saturated rings. The van der Waals surface area contributed by atoms with Crippen molar-refractivity contribution in [3.05, 3.63) is 0 Å². The fourth-order valence-corrected chi connectivity index (χ4v) is 2.97. The molecular weight excluding hydrogens is 216 g/mol. The first-order chi connectivity index (χ1) is 8.31. The van der Waals surface area contributed by atoms with Crippen LogP contribution >= 0.6 is 0 Å². The van der Waals surface area contributed by atoms with Crippen LogP contribution in [0.3, 0.4) is 0 Å². The van der Waals surface area contributed by atoms with E-state index < -0.39 is 0 Å². The SMILES string of the molecule is O=C(CC1CCNCC1)N1CCCCC1CO. The standard InChI is InChI=1S/C13H24N2O2/c16-10-12-3-1-2-8-15(12)13(17)9-11-4-6-14-7-5-11/h11-12,14,16H,1-10H2. The number of amides is 1. The van der Waals surface area contributed by atoms with Crippen molar-refractivity contribution < 1.29 is 9.90 Å². The van der Waals surface area contributed by atoms with Crippen molar-refractivity contribution >= 4 is 5.91 Å². The first kappa shape index (κ1) is 12.8. The molecule has 4 nitrogen and oxygen atoms in total. The van der Waals surface area contributed by atoms with E-state index in [-0.39, 0.29) is 18.6 Å². The summed E-state index contributed by atoms with van der Waals surface area (Å²) in [6.45, 7) is 3.05. The van der Waals surface area contributed by atoms with Crippen LogP contribution in [0.1, 0.15) is 38.5 Å². The number of nitrogens with one attached hydrogen (secondary N) is 1. The maximum absolute atomic E-state index is 12.2. The number of aliphatic hydroxyl groups is 1. The average Bonchev–Trinajstić information content (AvgIpc) is 2.40. The highest BCUT2D eigenvalue weighted by molar-refractivity contribution is 5.77. The molecule has 2 aliphatic rings. The fourth-order valence-electron chi connectivity index (χ4n) is 2.97. The van der Waals surface area contributed by atoms with Crippen LogP contribution in [0.5, 0.6) is 0 Å². The summed E-state index contributed by atoms with van der Waals surface area (Å²) in [4.78, 5) is 14.2. The highest BCUT2D eigenvalue weighted by Gasteiger charge is 2.27. The number of hydrogen-bond donors (Lipinski definition) is 2. The van der Waals surface area contributed by atoms with Gasteiger partial charge in [-0.2, -0.15) is 0 Å². The van der Waals surface area contributed by atoms with Crippen molar-refractivity contribution in [3.8, 4) is 0 Å². The van der Waals surface area contributed by atoms with Crippen molar-refractivity contribution in [2.45, 2.75) is 44.6 Å². The summed E-state index contributed by atoms with van der Waals surface area (Å²) < 4.78 is 0. The number of aliphatic hydroxyl groups excluding tert-OH is 1. The first-order valence-corrected chi connectivity index (χ1v) is 6.92. The van der Waals surface area contributed by atoms with E-state index in [0.717, 1.165) is 51.7 Å². The molecule has 0 aliphatic carbocycles. The molecule has 2 heterocycles. The third-order valence-corrected chi connectivity index (χ3v) is 4.08. The van der Waals surface area contributed by atoms with Crippen LogP contribution in [0.4, 0.5) is 0 Å². The third-order valence-electron chi connectivity index (χ3n) is 4.08. The molecule has 0 aromatic carbocycles. The van der Waals surface area contributed by atoms with Crippen molar-refractivity contribution in [1.29, 1.82) is 0 Å². The Labute approximate surface area is 103 Å². The van der Waals surface area contributed by atoms with Crippen molar-refractivity contribution in [2.24, 2.45) is 5.92 Å². The summed E-state index contributed by atoms with van der Waals surface area (Å²) >= 11 is 0. The summed E-state index contributed by atoms with van der Waals surface area (Å²) in [5, 5.41) is 12.6. The molecule has 2 N–H and O–H groups in total. The fraction of sp³-hybridized carbons (Fsp3) is 0.923. The highest BCUT2D eigenvalue weighted by atomic mass is 16.3. The molecule has 2 rings (SSSR count). The van der Waals surface area contributed by atoms with Gasteiger partial charge in [0.2, 0.25) is 5.91 Å². The Balaban J connectivity index is 1.84. The number of hydrogen-bond acceptors (Lipinski definition) is 3. The van der Waals surface area contributed by atoms with E-state index in [4.69, 9.17) is 0 Å². The minimum atomic E-state index is 0.0814. The second-order valence-electron chi connectivity index (χ2n) is 5.32. The Morgan fingerprint density at radius 1 is 1.24 bits per heavy atom. The first-order valence-electron chi connectivity index (χ1n) is 6.92. The summed E-state index contributed by atoms with van der Waals surface area (Å²) in [7, 11) is 0. The van der Waals surface area contributed by atoms with Gasteiger partial charge in [-0.3, -0.25) is 4.79 Å². The van der Waals surface area contributed by atoms with Crippen LogP contribution < -0.4 is 5.32 Å². The monoisotopic (exact) mass is 240 g/mol. The van der Waals surface area contributed by atoms with Gasteiger partial charge in [-0.25, -0.2) is 0 Å². The molecule has 17 heavy (non-hydrogen) atoms. The minimum Gasteiger partial charge on any atom is -0.394 e. The van der Waals surface area contributed by atoms with Gasteiger partial charge in [0.05, 0.1) is 12.6 Å². The second kappa shape index (κ2) is 6.36. The second-order valence-corrected chi connectivity index (χ2v) is 5.32. The van der Waals surface area contributed by atoms with E-state index in [0.29, 0.717) is 12.3 Å². The smallest absolute Gasteiger partial charge is 0.223 e. The lowest BCUT2D eigenvalue weighted by Gasteiger charge is -2.36. The van der Waals surface area contributed by atoms with Gasteiger partial charge < -0.3 is 15.3 Å². The molecule has 1 unspecified atom stereocenters. The van der Waals surface area contributed by atoms with Gasteiger partial charge >= 0.3 is 0 Å². The van der Waals surface area contributed by atoms with Gasteiger partial charge in [0.15, 0.2) is 0 Å². The number of piperidine rings is 2. The Morgan fingerprint density at radius 2 is 2.00 bits per heavy atom. The lowest BCUT2D eigenvalue weighted by molar-refractivity contribution is -0.137.